The average molecular weight is 367 g/mol. The van der Waals surface area contributed by atoms with Crippen LogP contribution in [0.25, 0.3) is 0 Å². The smallest absolute Gasteiger partial charge is 0.146 e. The third kappa shape index (κ3) is 3.53. The van der Waals surface area contributed by atoms with Gasteiger partial charge in [-0.2, -0.15) is 0 Å². The summed E-state index contributed by atoms with van der Waals surface area (Å²) in [7, 11) is 0. The zero-order valence-corrected chi connectivity index (χ0v) is 14.1. The summed E-state index contributed by atoms with van der Waals surface area (Å²) in [6.45, 7) is 10.8. The van der Waals surface area contributed by atoms with E-state index in [1.165, 1.54) is 0 Å². The van der Waals surface area contributed by atoms with E-state index in [-0.39, 0.29) is 5.41 Å². The first-order valence-electron chi connectivity index (χ1n) is 6.04. The Morgan fingerprint density at radius 3 is 2.12 bits per heavy atom. The molecule has 0 fully saturated rings. The van der Waals surface area contributed by atoms with Crippen LogP contribution in [0.3, 0.4) is 0 Å². The largest absolute Gasteiger partial charge is 0.236 e. The Morgan fingerprint density at radius 1 is 1.18 bits per heavy atom. The SMILES string of the molecule is CCC(CC)c1nc(Cl)c(I)c(C(C)(C)C)n1. The van der Waals surface area contributed by atoms with Crippen LogP contribution < -0.4 is 0 Å². The van der Waals surface area contributed by atoms with E-state index in [9.17, 15) is 0 Å². The fraction of sp³-hybridized carbons (Fsp3) is 0.692. The van der Waals surface area contributed by atoms with Gasteiger partial charge in [0.1, 0.15) is 11.0 Å². The van der Waals surface area contributed by atoms with Crippen LogP contribution in [0.2, 0.25) is 5.15 Å². The van der Waals surface area contributed by atoms with Crippen molar-refractivity contribution < 1.29 is 0 Å². The Labute approximate surface area is 123 Å². The zero-order chi connectivity index (χ0) is 13.2. The van der Waals surface area contributed by atoms with Crippen LogP contribution in [-0.4, -0.2) is 9.97 Å². The molecular formula is C13H20ClIN2. The number of hydrogen-bond donors (Lipinski definition) is 0. The molecule has 0 amide bonds. The summed E-state index contributed by atoms with van der Waals surface area (Å²) in [5, 5.41) is 0.590. The summed E-state index contributed by atoms with van der Waals surface area (Å²) >= 11 is 8.46. The number of hydrogen-bond acceptors (Lipinski definition) is 2. The van der Waals surface area contributed by atoms with Gasteiger partial charge in [-0.1, -0.05) is 46.2 Å². The Bertz CT molecular complexity index is 395. The van der Waals surface area contributed by atoms with Crippen molar-refractivity contribution in [3.8, 4) is 0 Å². The molecule has 1 heterocycles. The first kappa shape index (κ1) is 15.2. The molecule has 0 saturated carbocycles. The van der Waals surface area contributed by atoms with Gasteiger partial charge in [-0.15, -0.1) is 0 Å². The topological polar surface area (TPSA) is 25.8 Å². The van der Waals surface area contributed by atoms with Gasteiger partial charge in [-0.3, -0.25) is 0 Å². The predicted molar refractivity (Wildman–Crippen MR) is 81.8 cm³/mol. The van der Waals surface area contributed by atoms with Crippen molar-refractivity contribution in [3.05, 3.63) is 20.2 Å². The van der Waals surface area contributed by atoms with Crippen molar-refractivity contribution in [2.24, 2.45) is 0 Å². The molecule has 2 nitrogen and oxygen atoms in total. The molecule has 0 bridgehead atoms. The lowest BCUT2D eigenvalue weighted by Crippen LogP contribution is -2.19. The lowest BCUT2D eigenvalue weighted by molar-refractivity contribution is 0.538. The van der Waals surface area contributed by atoms with Gasteiger partial charge < -0.3 is 0 Å². The van der Waals surface area contributed by atoms with Crippen molar-refractivity contribution >= 4 is 34.2 Å². The first-order valence-corrected chi connectivity index (χ1v) is 7.50. The third-order valence-corrected chi connectivity index (χ3v) is 4.50. The van der Waals surface area contributed by atoms with Crippen molar-refractivity contribution in [1.82, 2.24) is 9.97 Å². The van der Waals surface area contributed by atoms with Gasteiger partial charge in [0.25, 0.3) is 0 Å². The van der Waals surface area contributed by atoms with Gasteiger partial charge in [0.15, 0.2) is 0 Å². The molecule has 0 atom stereocenters. The molecule has 0 aliphatic heterocycles. The highest BCUT2D eigenvalue weighted by molar-refractivity contribution is 14.1. The lowest BCUT2D eigenvalue weighted by atomic mass is 9.91. The molecule has 0 N–H and O–H groups in total. The highest BCUT2D eigenvalue weighted by Gasteiger charge is 2.24. The zero-order valence-electron chi connectivity index (χ0n) is 11.1. The second-order valence-electron chi connectivity index (χ2n) is 5.30. The van der Waals surface area contributed by atoms with Crippen LogP contribution in [0.4, 0.5) is 0 Å². The minimum Gasteiger partial charge on any atom is -0.236 e. The maximum atomic E-state index is 6.22. The first-order chi connectivity index (χ1) is 7.81. The molecule has 0 aliphatic carbocycles. The summed E-state index contributed by atoms with van der Waals surface area (Å²) < 4.78 is 0.978. The van der Waals surface area contributed by atoms with E-state index in [4.69, 9.17) is 16.6 Å². The lowest BCUT2D eigenvalue weighted by Gasteiger charge is -2.22. The number of aromatic nitrogens is 2. The minimum atomic E-state index is 0.00386. The van der Waals surface area contributed by atoms with Gasteiger partial charge in [0, 0.05) is 11.3 Å². The Morgan fingerprint density at radius 2 is 1.71 bits per heavy atom. The third-order valence-electron chi connectivity index (χ3n) is 2.89. The summed E-state index contributed by atoms with van der Waals surface area (Å²) in [6.07, 6.45) is 2.11. The molecule has 1 aromatic rings. The van der Waals surface area contributed by atoms with E-state index in [2.05, 4.69) is 62.2 Å². The molecular weight excluding hydrogens is 347 g/mol. The van der Waals surface area contributed by atoms with Crippen LogP contribution >= 0.6 is 34.2 Å². The van der Waals surface area contributed by atoms with Gasteiger partial charge in [0.05, 0.1) is 9.26 Å². The van der Waals surface area contributed by atoms with E-state index in [0.29, 0.717) is 11.1 Å². The molecule has 1 rings (SSSR count). The van der Waals surface area contributed by atoms with Crippen molar-refractivity contribution in [3.63, 3.8) is 0 Å². The standard InChI is InChI=1S/C13H20ClIN2/c1-6-8(7-2)12-16-10(13(3,4)5)9(15)11(14)17-12/h8H,6-7H2,1-5H3. The number of rotatable bonds is 3. The maximum Gasteiger partial charge on any atom is 0.146 e. The van der Waals surface area contributed by atoms with Crippen LogP contribution in [0.5, 0.6) is 0 Å². The van der Waals surface area contributed by atoms with Crippen LogP contribution in [0.15, 0.2) is 0 Å². The molecule has 17 heavy (non-hydrogen) atoms. The summed E-state index contributed by atoms with van der Waals surface area (Å²) in [6, 6.07) is 0. The average Bonchev–Trinajstić information content (AvgIpc) is 2.23. The quantitative estimate of drug-likeness (QED) is 0.559. The molecule has 0 radical (unpaired) electrons. The van der Waals surface area contributed by atoms with E-state index < -0.39 is 0 Å². The predicted octanol–water partition coefficient (Wildman–Crippen LogP) is 4.94. The monoisotopic (exact) mass is 366 g/mol. The Balaban J connectivity index is 3.33. The van der Waals surface area contributed by atoms with Crippen LogP contribution in [0.1, 0.15) is 64.9 Å². The van der Waals surface area contributed by atoms with E-state index >= 15 is 0 Å². The van der Waals surface area contributed by atoms with E-state index in [0.717, 1.165) is 27.9 Å². The van der Waals surface area contributed by atoms with Crippen molar-refractivity contribution in [2.75, 3.05) is 0 Å². The normalized spacial score (nSPS) is 12.2. The molecule has 0 aliphatic rings. The molecule has 4 heteroatoms. The molecule has 1 aromatic heterocycles. The molecule has 0 aromatic carbocycles. The number of halogens is 2. The molecule has 0 spiro atoms. The van der Waals surface area contributed by atoms with Crippen molar-refractivity contribution in [2.45, 2.75) is 58.8 Å². The van der Waals surface area contributed by atoms with E-state index in [1.807, 2.05) is 0 Å². The summed E-state index contributed by atoms with van der Waals surface area (Å²) in [4.78, 5) is 9.18. The Hall–Kier alpha value is 0.1000. The second-order valence-corrected chi connectivity index (χ2v) is 6.74. The minimum absolute atomic E-state index is 0.00386. The number of nitrogens with zero attached hydrogens (tertiary/aromatic N) is 2. The summed E-state index contributed by atoms with van der Waals surface area (Å²) in [5.41, 5.74) is 1.06. The maximum absolute atomic E-state index is 6.22. The van der Waals surface area contributed by atoms with Crippen molar-refractivity contribution in [1.29, 1.82) is 0 Å². The van der Waals surface area contributed by atoms with Gasteiger partial charge in [0.2, 0.25) is 0 Å². The van der Waals surface area contributed by atoms with Gasteiger partial charge in [-0.05, 0) is 35.4 Å². The molecule has 96 valence electrons. The summed E-state index contributed by atoms with van der Waals surface area (Å²) in [5.74, 6) is 1.30. The Kier molecular flexibility index (Phi) is 5.20. The van der Waals surface area contributed by atoms with E-state index in [1.54, 1.807) is 0 Å². The second kappa shape index (κ2) is 5.83. The van der Waals surface area contributed by atoms with Gasteiger partial charge in [-0.25, -0.2) is 9.97 Å². The van der Waals surface area contributed by atoms with Gasteiger partial charge >= 0.3 is 0 Å². The fourth-order valence-corrected chi connectivity index (χ4v) is 3.00. The molecule has 0 saturated heterocycles. The van der Waals surface area contributed by atoms with Crippen LogP contribution in [-0.2, 0) is 5.41 Å². The highest BCUT2D eigenvalue weighted by atomic mass is 127. The highest BCUT2D eigenvalue weighted by Crippen LogP contribution is 2.31. The fourth-order valence-electron chi connectivity index (χ4n) is 1.77. The molecule has 0 unspecified atom stereocenters. The van der Waals surface area contributed by atoms with Crippen LogP contribution in [0, 0.1) is 3.57 Å².